The molecule has 0 amide bonds. The van der Waals surface area contributed by atoms with Gasteiger partial charge in [-0.05, 0) is 43.5 Å². The number of rotatable bonds is 2. The Morgan fingerprint density at radius 3 is 2.41 bits per heavy atom. The Balaban J connectivity index is 2.84. The standard InChI is InChI=1S/C15H22N2/c1-9-6-10(2)13-12(7-9)17-11(3)14(13)15(4,5)8-16/h6-7,17H,8,16H2,1-5H3. The van der Waals surface area contributed by atoms with E-state index in [-0.39, 0.29) is 5.41 Å². The third kappa shape index (κ3) is 1.87. The minimum atomic E-state index is 0.0162. The number of hydrogen-bond donors (Lipinski definition) is 2. The molecule has 2 aromatic rings. The summed E-state index contributed by atoms with van der Waals surface area (Å²) in [5, 5.41) is 1.35. The molecule has 2 rings (SSSR count). The first-order valence-corrected chi connectivity index (χ1v) is 6.17. The van der Waals surface area contributed by atoms with E-state index in [1.807, 2.05) is 0 Å². The van der Waals surface area contributed by atoms with Gasteiger partial charge in [-0.15, -0.1) is 0 Å². The lowest BCUT2D eigenvalue weighted by Crippen LogP contribution is -2.28. The molecule has 0 aliphatic heterocycles. The van der Waals surface area contributed by atoms with Crippen molar-refractivity contribution in [3.8, 4) is 0 Å². The van der Waals surface area contributed by atoms with Gasteiger partial charge in [-0.25, -0.2) is 0 Å². The Bertz CT molecular complexity index is 562. The fraction of sp³-hybridized carbons (Fsp3) is 0.467. The number of nitrogens with one attached hydrogen (secondary N) is 1. The largest absolute Gasteiger partial charge is 0.358 e. The summed E-state index contributed by atoms with van der Waals surface area (Å²) in [5.74, 6) is 0. The Morgan fingerprint density at radius 1 is 1.18 bits per heavy atom. The smallest absolute Gasteiger partial charge is 0.0464 e. The first-order chi connectivity index (χ1) is 7.86. The van der Waals surface area contributed by atoms with E-state index in [1.165, 1.54) is 33.3 Å². The van der Waals surface area contributed by atoms with Crippen molar-refractivity contribution in [3.63, 3.8) is 0 Å². The Hall–Kier alpha value is -1.28. The molecular formula is C15H22N2. The van der Waals surface area contributed by atoms with Gasteiger partial charge in [0.1, 0.15) is 0 Å². The molecule has 3 N–H and O–H groups in total. The van der Waals surface area contributed by atoms with Crippen molar-refractivity contribution in [1.29, 1.82) is 0 Å². The molecule has 0 saturated carbocycles. The van der Waals surface area contributed by atoms with Gasteiger partial charge in [0.2, 0.25) is 0 Å². The first-order valence-electron chi connectivity index (χ1n) is 6.17. The molecule has 0 saturated heterocycles. The van der Waals surface area contributed by atoms with Crippen LogP contribution in [0.3, 0.4) is 0 Å². The average Bonchev–Trinajstić information content (AvgIpc) is 2.55. The highest BCUT2D eigenvalue weighted by Gasteiger charge is 2.25. The first kappa shape index (κ1) is 12.2. The fourth-order valence-electron chi connectivity index (χ4n) is 2.80. The molecule has 0 bridgehead atoms. The van der Waals surface area contributed by atoms with Crippen molar-refractivity contribution >= 4 is 10.9 Å². The zero-order valence-corrected chi connectivity index (χ0v) is 11.4. The molecule has 0 aliphatic rings. The SMILES string of the molecule is Cc1cc(C)c2c(C(C)(C)CN)c(C)[nH]c2c1. The summed E-state index contributed by atoms with van der Waals surface area (Å²) in [5.41, 5.74) is 12.4. The number of aromatic amines is 1. The van der Waals surface area contributed by atoms with Crippen molar-refractivity contribution in [2.45, 2.75) is 40.0 Å². The van der Waals surface area contributed by atoms with Crippen LogP contribution in [0.15, 0.2) is 12.1 Å². The molecule has 17 heavy (non-hydrogen) atoms. The summed E-state index contributed by atoms with van der Waals surface area (Å²) in [6, 6.07) is 4.46. The van der Waals surface area contributed by atoms with Crippen LogP contribution in [-0.2, 0) is 5.41 Å². The lowest BCUT2D eigenvalue weighted by Gasteiger charge is -2.24. The minimum absolute atomic E-state index is 0.0162. The number of aromatic nitrogens is 1. The fourth-order valence-corrected chi connectivity index (χ4v) is 2.80. The number of benzene rings is 1. The summed E-state index contributed by atoms with van der Waals surface area (Å²) in [6.45, 7) is 11.5. The van der Waals surface area contributed by atoms with E-state index in [0.717, 1.165) is 0 Å². The summed E-state index contributed by atoms with van der Waals surface area (Å²) in [4.78, 5) is 3.49. The number of fused-ring (bicyclic) bond motifs is 1. The molecule has 1 aromatic heterocycles. The molecule has 0 unspecified atom stereocenters. The zero-order valence-electron chi connectivity index (χ0n) is 11.4. The summed E-state index contributed by atoms with van der Waals surface area (Å²) < 4.78 is 0. The van der Waals surface area contributed by atoms with Crippen molar-refractivity contribution in [2.75, 3.05) is 6.54 Å². The zero-order chi connectivity index (χ0) is 12.8. The van der Waals surface area contributed by atoms with Gasteiger partial charge in [0.25, 0.3) is 0 Å². The van der Waals surface area contributed by atoms with Gasteiger partial charge < -0.3 is 10.7 Å². The number of hydrogen-bond acceptors (Lipinski definition) is 1. The van der Waals surface area contributed by atoms with Crippen LogP contribution in [-0.4, -0.2) is 11.5 Å². The van der Waals surface area contributed by atoms with E-state index in [9.17, 15) is 0 Å². The minimum Gasteiger partial charge on any atom is -0.358 e. The molecular weight excluding hydrogens is 208 g/mol. The Morgan fingerprint density at radius 2 is 1.82 bits per heavy atom. The van der Waals surface area contributed by atoms with Crippen LogP contribution in [0.1, 0.15) is 36.2 Å². The lowest BCUT2D eigenvalue weighted by molar-refractivity contribution is 0.540. The third-order valence-corrected chi connectivity index (χ3v) is 3.61. The quantitative estimate of drug-likeness (QED) is 0.816. The predicted molar refractivity (Wildman–Crippen MR) is 74.6 cm³/mol. The molecule has 0 aliphatic carbocycles. The van der Waals surface area contributed by atoms with Crippen molar-refractivity contribution < 1.29 is 0 Å². The Labute approximate surface area is 103 Å². The van der Waals surface area contributed by atoms with Gasteiger partial charge in [0, 0.05) is 28.6 Å². The van der Waals surface area contributed by atoms with Crippen molar-refractivity contribution in [1.82, 2.24) is 4.98 Å². The van der Waals surface area contributed by atoms with Crippen LogP contribution < -0.4 is 5.73 Å². The molecule has 0 spiro atoms. The van der Waals surface area contributed by atoms with E-state index < -0.39 is 0 Å². The molecule has 92 valence electrons. The molecule has 0 fully saturated rings. The molecule has 2 heteroatoms. The summed E-state index contributed by atoms with van der Waals surface area (Å²) in [6.07, 6.45) is 0. The predicted octanol–water partition coefficient (Wildman–Crippen LogP) is 3.33. The molecule has 2 nitrogen and oxygen atoms in total. The van der Waals surface area contributed by atoms with E-state index in [4.69, 9.17) is 5.73 Å². The van der Waals surface area contributed by atoms with Crippen LogP contribution in [0.5, 0.6) is 0 Å². The molecule has 1 aromatic carbocycles. The highest BCUT2D eigenvalue weighted by molar-refractivity contribution is 5.89. The maximum atomic E-state index is 5.92. The van der Waals surface area contributed by atoms with Crippen molar-refractivity contribution in [2.24, 2.45) is 5.73 Å². The number of nitrogens with two attached hydrogens (primary N) is 1. The monoisotopic (exact) mass is 230 g/mol. The highest BCUT2D eigenvalue weighted by Crippen LogP contribution is 2.35. The van der Waals surface area contributed by atoms with E-state index >= 15 is 0 Å². The lowest BCUT2D eigenvalue weighted by atomic mass is 9.82. The molecule has 0 radical (unpaired) electrons. The van der Waals surface area contributed by atoms with Gasteiger partial charge in [-0.3, -0.25) is 0 Å². The maximum absolute atomic E-state index is 5.92. The van der Waals surface area contributed by atoms with Crippen LogP contribution in [0, 0.1) is 20.8 Å². The number of H-pyrrole nitrogens is 1. The summed E-state index contributed by atoms with van der Waals surface area (Å²) in [7, 11) is 0. The van der Waals surface area contributed by atoms with Crippen molar-refractivity contribution in [3.05, 3.63) is 34.5 Å². The topological polar surface area (TPSA) is 41.8 Å². The van der Waals surface area contributed by atoms with Gasteiger partial charge in [0.05, 0.1) is 0 Å². The third-order valence-electron chi connectivity index (χ3n) is 3.61. The highest BCUT2D eigenvalue weighted by atomic mass is 14.7. The van der Waals surface area contributed by atoms with Gasteiger partial charge in [-0.1, -0.05) is 19.9 Å². The second kappa shape index (κ2) is 3.88. The van der Waals surface area contributed by atoms with E-state index in [1.54, 1.807) is 0 Å². The second-order valence-corrected chi connectivity index (χ2v) is 5.72. The van der Waals surface area contributed by atoms with Crippen LogP contribution in [0.4, 0.5) is 0 Å². The summed E-state index contributed by atoms with van der Waals surface area (Å²) >= 11 is 0. The van der Waals surface area contributed by atoms with E-state index in [0.29, 0.717) is 6.54 Å². The van der Waals surface area contributed by atoms with Crippen LogP contribution in [0.25, 0.3) is 10.9 Å². The molecule has 0 atom stereocenters. The van der Waals surface area contributed by atoms with Gasteiger partial charge >= 0.3 is 0 Å². The average molecular weight is 230 g/mol. The Kier molecular flexibility index (Phi) is 2.78. The maximum Gasteiger partial charge on any atom is 0.0464 e. The van der Waals surface area contributed by atoms with Crippen LogP contribution in [0.2, 0.25) is 0 Å². The van der Waals surface area contributed by atoms with Gasteiger partial charge in [-0.2, -0.15) is 0 Å². The van der Waals surface area contributed by atoms with E-state index in [2.05, 4.69) is 51.7 Å². The van der Waals surface area contributed by atoms with Gasteiger partial charge in [0.15, 0.2) is 0 Å². The normalized spacial score (nSPS) is 12.4. The number of aryl methyl sites for hydroxylation is 3. The van der Waals surface area contributed by atoms with Crippen LogP contribution >= 0.6 is 0 Å². The second-order valence-electron chi connectivity index (χ2n) is 5.72. The molecule has 1 heterocycles.